The van der Waals surface area contributed by atoms with E-state index in [-0.39, 0.29) is 38.4 Å². The Balaban J connectivity index is 1.33. The van der Waals surface area contributed by atoms with Gasteiger partial charge in [0, 0.05) is 24.2 Å². The zero-order valence-corrected chi connectivity index (χ0v) is 59.7. The molecule has 1 fully saturated rings. The molecule has 1 amide bonds. The number of hydrogen-bond acceptors (Lipinski definition) is 13. The Hall–Kier alpha value is -5.32. The van der Waals surface area contributed by atoms with E-state index >= 15 is 0 Å². The van der Waals surface area contributed by atoms with E-state index in [9.17, 15) is 29.1 Å². The van der Waals surface area contributed by atoms with Crippen LogP contribution in [-0.2, 0) is 47.3 Å². The van der Waals surface area contributed by atoms with E-state index in [1.54, 1.807) is 31.2 Å². The van der Waals surface area contributed by atoms with Gasteiger partial charge in [-0.1, -0.05) is 311 Å². The molecule has 2 N–H and O–H groups in total. The van der Waals surface area contributed by atoms with Crippen molar-refractivity contribution in [3.05, 3.63) is 127 Å². The van der Waals surface area contributed by atoms with Gasteiger partial charge in [0.25, 0.3) is 8.32 Å². The summed E-state index contributed by atoms with van der Waals surface area (Å²) in [6.45, 7) is 13.8. The van der Waals surface area contributed by atoms with E-state index in [0.29, 0.717) is 24.8 Å². The maximum Gasteiger partial charge on any atom is 0.338 e. The number of aliphatic hydroxyl groups is 1. The van der Waals surface area contributed by atoms with Gasteiger partial charge in [-0.15, -0.1) is 0 Å². The molecule has 5 rings (SSSR count). The van der Waals surface area contributed by atoms with Crippen molar-refractivity contribution in [2.75, 3.05) is 13.2 Å². The molecule has 0 aliphatic carbocycles. The predicted molar refractivity (Wildman–Crippen MR) is 378 cm³/mol. The molecule has 516 valence electrons. The molecule has 0 saturated carbocycles. The van der Waals surface area contributed by atoms with Gasteiger partial charge in [-0.25, -0.2) is 4.79 Å². The van der Waals surface area contributed by atoms with Crippen molar-refractivity contribution < 1.29 is 57.2 Å². The first-order chi connectivity index (χ1) is 45.1. The summed E-state index contributed by atoms with van der Waals surface area (Å²) in [5.41, 5.74) is -0.399. The SMILES string of the molecule is CCCCCCCCCCCCCCCCCC(=O)N[C@@H](CO[Si](c1ccccc1)(c1ccccc1)C(C)(C)C)[C@H](OC(C)=O)[C@@H](CCCCCCCCCCCCCC)OC(=O)CCC(=O)OCC1O[C@@H](Sc2ccccc2)C(OC(=O)c2ccccc2)[C@@H](C)[C@@H]1O. The van der Waals surface area contributed by atoms with Crippen LogP contribution in [-0.4, -0.2) is 98.4 Å². The molecule has 15 heteroatoms. The number of benzene rings is 4. The second kappa shape index (κ2) is 45.2. The molecule has 93 heavy (non-hydrogen) atoms. The van der Waals surface area contributed by atoms with Crippen molar-refractivity contribution in [3.8, 4) is 0 Å². The number of amides is 1. The van der Waals surface area contributed by atoms with Gasteiger partial charge in [0.05, 0.1) is 37.2 Å². The number of hydrogen-bond donors (Lipinski definition) is 2. The monoisotopic (exact) mass is 1320 g/mol. The lowest BCUT2D eigenvalue weighted by atomic mass is 9.91. The van der Waals surface area contributed by atoms with Crippen LogP contribution in [0.5, 0.6) is 0 Å². The summed E-state index contributed by atoms with van der Waals surface area (Å²) in [5.74, 6) is -3.38. The Labute approximate surface area is 565 Å². The highest BCUT2D eigenvalue weighted by Gasteiger charge is 2.52. The summed E-state index contributed by atoms with van der Waals surface area (Å²) in [6.07, 6.45) is 26.4. The molecule has 0 radical (unpaired) electrons. The van der Waals surface area contributed by atoms with Gasteiger partial charge in [0.15, 0.2) is 6.10 Å². The van der Waals surface area contributed by atoms with Gasteiger partial charge in [-0.3, -0.25) is 19.2 Å². The minimum Gasteiger partial charge on any atom is -0.463 e. The molecule has 13 nitrogen and oxygen atoms in total. The molecule has 1 aliphatic rings. The number of esters is 4. The van der Waals surface area contributed by atoms with E-state index in [1.807, 2.05) is 72.8 Å². The Bertz CT molecular complexity index is 2620. The molecule has 1 heterocycles. The molecule has 0 bridgehead atoms. The zero-order chi connectivity index (χ0) is 66.9. The van der Waals surface area contributed by atoms with E-state index < -0.39 is 85.1 Å². The Morgan fingerprint density at radius 3 is 1.48 bits per heavy atom. The topological polar surface area (TPSA) is 173 Å². The van der Waals surface area contributed by atoms with E-state index in [0.717, 1.165) is 60.2 Å². The second-order valence-electron chi connectivity index (χ2n) is 26.9. The molecule has 8 atom stereocenters. The Morgan fingerprint density at radius 2 is 1.01 bits per heavy atom. The lowest BCUT2D eigenvalue weighted by Gasteiger charge is -2.44. The number of unbranched alkanes of at least 4 members (excludes halogenated alkanes) is 25. The number of nitrogens with one attached hydrogen (secondary N) is 1. The fraction of sp³-hybridized carbons (Fsp3) is 0.628. The first-order valence-electron chi connectivity index (χ1n) is 36.0. The maximum absolute atomic E-state index is 14.5. The number of thioether (sulfide) groups is 1. The van der Waals surface area contributed by atoms with E-state index in [2.05, 4.69) is 64.2 Å². The van der Waals surface area contributed by atoms with Gasteiger partial charge in [-0.2, -0.15) is 0 Å². The van der Waals surface area contributed by atoms with Gasteiger partial charge < -0.3 is 38.5 Å². The smallest absolute Gasteiger partial charge is 0.338 e. The highest BCUT2D eigenvalue weighted by atomic mass is 32.2. The summed E-state index contributed by atoms with van der Waals surface area (Å²) in [7, 11) is -3.23. The van der Waals surface area contributed by atoms with Crippen LogP contribution in [0, 0.1) is 5.92 Å². The molecule has 4 aromatic rings. The first-order valence-corrected chi connectivity index (χ1v) is 38.7. The molecule has 0 aromatic heterocycles. The van der Waals surface area contributed by atoms with Crippen LogP contribution in [0.3, 0.4) is 0 Å². The Morgan fingerprint density at radius 1 is 0.570 bits per heavy atom. The van der Waals surface area contributed by atoms with Crippen LogP contribution in [0.1, 0.15) is 258 Å². The molecule has 2 unspecified atom stereocenters. The van der Waals surface area contributed by atoms with Crippen molar-refractivity contribution in [2.45, 2.75) is 299 Å². The average molecular weight is 1320 g/mol. The van der Waals surface area contributed by atoms with Crippen LogP contribution < -0.4 is 15.7 Å². The number of aliphatic hydroxyl groups excluding tert-OH is 1. The summed E-state index contributed by atoms with van der Waals surface area (Å²) >= 11 is 1.34. The third kappa shape index (κ3) is 28.9. The normalized spacial score (nSPS) is 17.6. The van der Waals surface area contributed by atoms with Crippen molar-refractivity contribution >= 4 is 60.2 Å². The highest BCUT2D eigenvalue weighted by Crippen LogP contribution is 2.39. The predicted octanol–water partition coefficient (Wildman–Crippen LogP) is 17.3. The first kappa shape index (κ1) is 78.4. The Kier molecular flexibility index (Phi) is 38.1. The summed E-state index contributed by atoms with van der Waals surface area (Å²) < 4.78 is 38.5. The van der Waals surface area contributed by atoms with Crippen molar-refractivity contribution in [3.63, 3.8) is 0 Å². The van der Waals surface area contributed by atoms with Crippen LogP contribution >= 0.6 is 11.8 Å². The lowest BCUT2D eigenvalue weighted by Crippen LogP contribution is -2.68. The van der Waals surface area contributed by atoms with Crippen LogP contribution in [0.15, 0.2) is 126 Å². The average Bonchev–Trinajstić information content (AvgIpc) is 0.759. The third-order valence-corrected chi connectivity index (χ3v) is 24.3. The summed E-state index contributed by atoms with van der Waals surface area (Å²) in [6, 6.07) is 37.7. The minimum atomic E-state index is -3.23. The zero-order valence-electron chi connectivity index (χ0n) is 57.8. The second-order valence-corrected chi connectivity index (χ2v) is 32.3. The quantitative estimate of drug-likeness (QED) is 0.0185. The van der Waals surface area contributed by atoms with Crippen molar-refractivity contribution in [1.82, 2.24) is 5.32 Å². The van der Waals surface area contributed by atoms with Crippen LogP contribution in [0.2, 0.25) is 5.04 Å². The molecule has 1 aliphatic heterocycles. The molecule has 0 spiro atoms. The van der Waals surface area contributed by atoms with Crippen LogP contribution in [0.25, 0.3) is 0 Å². The molecule has 4 aromatic carbocycles. The maximum atomic E-state index is 14.5. The molecule has 1 saturated heterocycles. The molecular formula is C78H117NO12SSi. The minimum absolute atomic E-state index is 0.0523. The van der Waals surface area contributed by atoms with Crippen molar-refractivity contribution in [2.24, 2.45) is 5.92 Å². The highest BCUT2D eigenvalue weighted by molar-refractivity contribution is 7.99. The van der Waals surface area contributed by atoms with Crippen molar-refractivity contribution in [1.29, 1.82) is 0 Å². The number of rotatable bonds is 48. The lowest BCUT2D eigenvalue weighted by molar-refractivity contribution is -0.188. The van der Waals surface area contributed by atoms with Gasteiger partial charge in [-0.05, 0) is 58.9 Å². The fourth-order valence-corrected chi connectivity index (χ4v) is 18.6. The molecular weight excluding hydrogens is 1200 g/mol. The number of carbonyl (C=O) groups excluding carboxylic acids is 5. The van der Waals surface area contributed by atoms with Crippen LogP contribution in [0.4, 0.5) is 0 Å². The van der Waals surface area contributed by atoms with Gasteiger partial charge in [0.1, 0.15) is 30.4 Å². The summed E-state index contributed by atoms with van der Waals surface area (Å²) in [5, 5.41) is 16.6. The largest absolute Gasteiger partial charge is 0.463 e. The van der Waals surface area contributed by atoms with Gasteiger partial charge >= 0.3 is 23.9 Å². The fourth-order valence-electron chi connectivity index (χ4n) is 12.8. The van der Waals surface area contributed by atoms with E-state index in [4.69, 9.17) is 28.1 Å². The summed E-state index contributed by atoms with van der Waals surface area (Å²) in [4.78, 5) is 70.2. The van der Waals surface area contributed by atoms with E-state index in [1.165, 1.54) is 134 Å². The van der Waals surface area contributed by atoms with Gasteiger partial charge in [0.2, 0.25) is 5.91 Å². The standard InChI is InChI=1S/C78H117NO12SSi/c1-8-10-12-14-16-18-20-22-23-24-26-28-30-32-46-56-70(81)79-67(59-87-93(78(5,6)7,65-51-41-35-42-52-65)66-53-43-36-44-54-66)75(88-62(4)80)68(55-45-31-29-27-25-21-19-17-15-13-11-9-2)89-72(83)58-57-71(82)86-60-69-73(84)61(3)74(91-76(85)63-47-37-33-38-48-63)77(90-69)92-64-49-39-34-40-50-64/h33-44,47-54,61,67-69,73-75,77,84H,8-32,45-46,55-60H2,1-7H3,(H,79,81)/t61-,67-,68+,69?,73-,74?,75-,77-/m0/s1. The third-order valence-electron chi connectivity index (χ3n) is 18.1. The number of carbonyl (C=O) groups is 5. The number of ether oxygens (including phenoxy) is 5.